The molecule has 162 valence electrons. The summed E-state index contributed by atoms with van der Waals surface area (Å²) < 4.78 is 33.1. The third-order valence-corrected chi connectivity index (χ3v) is 6.94. The van der Waals surface area contributed by atoms with E-state index in [1.54, 1.807) is 31.2 Å². The second-order valence-electron chi connectivity index (χ2n) is 6.58. The predicted octanol–water partition coefficient (Wildman–Crippen LogP) is 1.01. The number of carbonyl (C=O) groups is 2. The summed E-state index contributed by atoms with van der Waals surface area (Å²) in [5.41, 5.74) is 0.705. The lowest BCUT2D eigenvalue weighted by Gasteiger charge is -2.35. The van der Waals surface area contributed by atoms with Gasteiger partial charge in [0.25, 0.3) is 10.2 Å². The van der Waals surface area contributed by atoms with Gasteiger partial charge in [-0.05, 0) is 19.1 Å². The van der Waals surface area contributed by atoms with Gasteiger partial charge in [-0.2, -0.15) is 17.0 Å². The molecular weight excluding hydrogens is 396 g/mol. The molecule has 1 aromatic rings. The SMILES string of the molecule is CCOC(=O)c1ccccc1NC(=O)CN1CCN(S(=O)(=O)N(CC)CC)CC1. The van der Waals surface area contributed by atoms with Crippen molar-refractivity contribution in [2.75, 3.05) is 57.7 Å². The summed E-state index contributed by atoms with van der Waals surface area (Å²) in [4.78, 5) is 26.4. The number of esters is 1. The van der Waals surface area contributed by atoms with Crippen LogP contribution in [0.5, 0.6) is 0 Å². The smallest absolute Gasteiger partial charge is 0.340 e. The molecule has 1 saturated heterocycles. The highest BCUT2D eigenvalue weighted by Gasteiger charge is 2.31. The summed E-state index contributed by atoms with van der Waals surface area (Å²) in [6.07, 6.45) is 0. The molecular formula is C19H30N4O5S. The minimum Gasteiger partial charge on any atom is -0.462 e. The molecule has 0 bridgehead atoms. The number of piperazine rings is 1. The largest absolute Gasteiger partial charge is 0.462 e. The lowest BCUT2D eigenvalue weighted by molar-refractivity contribution is -0.117. The summed E-state index contributed by atoms with van der Waals surface area (Å²) in [5.74, 6) is -0.750. The molecule has 1 aliphatic rings. The second kappa shape index (κ2) is 10.7. The van der Waals surface area contributed by atoms with Crippen molar-refractivity contribution >= 4 is 27.8 Å². The second-order valence-corrected chi connectivity index (χ2v) is 8.51. The average molecular weight is 427 g/mol. The zero-order chi connectivity index (χ0) is 21.4. The third kappa shape index (κ3) is 5.99. The first kappa shape index (κ1) is 23.3. The highest BCUT2D eigenvalue weighted by Crippen LogP contribution is 2.17. The molecule has 1 heterocycles. The molecule has 10 heteroatoms. The van der Waals surface area contributed by atoms with Gasteiger partial charge in [0.15, 0.2) is 0 Å². The van der Waals surface area contributed by atoms with Gasteiger partial charge in [0.2, 0.25) is 5.91 Å². The summed E-state index contributed by atoms with van der Waals surface area (Å²) >= 11 is 0. The molecule has 0 aromatic heterocycles. The highest BCUT2D eigenvalue weighted by atomic mass is 32.2. The fourth-order valence-corrected chi connectivity index (χ4v) is 4.81. The van der Waals surface area contributed by atoms with Gasteiger partial charge >= 0.3 is 5.97 Å². The van der Waals surface area contributed by atoms with Gasteiger partial charge in [-0.25, -0.2) is 4.79 Å². The number of hydrogen-bond acceptors (Lipinski definition) is 6. The van der Waals surface area contributed by atoms with Gasteiger partial charge in [0.1, 0.15) is 0 Å². The van der Waals surface area contributed by atoms with Gasteiger partial charge in [0.05, 0.1) is 24.4 Å². The number of ether oxygens (including phenoxy) is 1. The number of hydrogen-bond donors (Lipinski definition) is 1. The van der Waals surface area contributed by atoms with E-state index in [4.69, 9.17) is 4.74 Å². The van der Waals surface area contributed by atoms with Gasteiger partial charge in [0, 0.05) is 39.3 Å². The first-order valence-corrected chi connectivity index (χ1v) is 11.3. The first-order valence-electron chi connectivity index (χ1n) is 9.87. The minimum absolute atomic E-state index is 0.121. The number of para-hydroxylation sites is 1. The zero-order valence-electron chi connectivity index (χ0n) is 17.3. The van der Waals surface area contributed by atoms with E-state index in [9.17, 15) is 18.0 Å². The van der Waals surface area contributed by atoms with Crippen molar-refractivity contribution in [3.05, 3.63) is 29.8 Å². The van der Waals surface area contributed by atoms with E-state index in [-0.39, 0.29) is 19.1 Å². The number of nitrogens with one attached hydrogen (secondary N) is 1. The molecule has 29 heavy (non-hydrogen) atoms. The fraction of sp³-hybridized carbons (Fsp3) is 0.579. The van der Waals surface area contributed by atoms with E-state index in [0.29, 0.717) is 50.5 Å². The minimum atomic E-state index is -3.46. The molecule has 1 aromatic carbocycles. The quantitative estimate of drug-likeness (QED) is 0.592. The first-order chi connectivity index (χ1) is 13.8. The van der Waals surface area contributed by atoms with Crippen molar-refractivity contribution in [1.82, 2.24) is 13.5 Å². The Morgan fingerprint density at radius 3 is 2.28 bits per heavy atom. The van der Waals surface area contributed by atoms with Crippen LogP contribution in [0.25, 0.3) is 0 Å². The van der Waals surface area contributed by atoms with Gasteiger partial charge in [-0.3, -0.25) is 9.69 Å². The molecule has 0 atom stereocenters. The van der Waals surface area contributed by atoms with Crippen LogP contribution >= 0.6 is 0 Å². The van der Waals surface area contributed by atoms with Crippen LogP contribution in [-0.2, 0) is 19.7 Å². The lowest BCUT2D eigenvalue weighted by Crippen LogP contribution is -2.54. The van der Waals surface area contributed by atoms with Gasteiger partial charge in [-0.15, -0.1) is 0 Å². The van der Waals surface area contributed by atoms with E-state index in [2.05, 4.69) is 5.32 Å². The molecule has 0 aliphatic carbocycles. The van der Waals surface area contributed by atoms with Crippen molar-refractivity contribution in [3.8, 4) is 0 Å². The molecule has 0 spiro atoms. The molecule has 1 N–H and O–H groups in total. The molecule has 0 radical (unpaired) electrons. The Kier molecular flexibility index (Phi) is 8.57. The Morgan fingerprint density at radius 1 is 1.07 bits per heavy atom. The molecule has 1 aliphatic heterocycles. The zero-order valence-corrected chi connectivity index (χ0v) is 18.1. The molecule has 0 unspecified atom stereocenters. The van der Waals surface area contributed by atoms with Crippen LogP contribution in [-0.4, -0.2) is 86.2 Å². The van der Waals surface area contributed by atoms with Crippen LogP contribution in [0.4, 0.5) is 5.69 Å². The Labute approximate surface area is 172 Å². The van der Waals surface area contributed by atoms with Gasteiger partial charge < -0.3 is 10.1 Å². The summed E-state index contributed by atoms with van der Waals surface area (Å²) in [7, 11) is -3.46. The molecule has 9 nitrogen and oxygen atoms in total. The van der Waals surface area contributed by atoms with Crippen molar-refractivity contribution < 1.29 is 22.7 Å². The Hall–Kier alpha value is -2.01. The normalized spacial score (nSPS) is 16.0. The predicted molar refractivity (Wildman–Crippen MR) is 111 cm³/mol. The summed E-state index contributed by atoms with van der Waals surface area (Å²) in [6.45, 7) is 8.20. The Morgan fingerprint density at radius 2 is 1.69 bits per heavy atom. The lowest BCUT2D eigenvalue weighted by atomic mass is 10.2. The molecule has 0 saturated carbocycles. The van der Waals surface area contributed by atoms with Crippen LogP contribution < -0.4 is 5.32 Å². The number of rotatable bonds is 9. The standard InChI is InChI=1S/C19H30N4O5S/c1-4-22(5-2)29(26,27)23-13-11-21(12-14-23)15-18(24)20-17-10-8-7-9-16(17)19(25)28-6-3/h7-10H,4-6,11-15H2,1-3H3,(H,20,24). The third-order valence-electron chi connectivity index (χ3n) is 4.75. The van der Waals surface area contributed by atoms with Crippen LogP contribution in [0.15, 0.2) is 24.3 Å². The number of carbonyl (C=O) groups excluding carboxylic acids is 2. The van der Waals surface area contributed by atoms with Crippen LogP contribution in [0.3, 0.4) is 0 Å². The molecule has 1 amide bonds. The van der Waals surface area contributed by atoms with Crippen molar-refractivity contribution in [2.45, 2.75) is 20.8 Å². The maximum atomic E-state index is 12.6. The van der Waals surface area contributed by atoms with E-state index in [0.717, 1.165) is 0 Å². The summed E-state index contributed by atoms with van der Waals surface area (Å²) in [5, 5.41) is 2.75. The fourth-order valence-electron chi connectivity index (χ4n) is 3.20. The maximum Gasteiger partial charge on any atom is 0.340 e. The van der Waals surface area contributed by atoms with E-state index in [1.165, 1.54) is 8.61 Å². The monoisotopic (exact) mass is 426 g/mol. The van der Waals surface area contributed by atoms with Crippen LogP contribution in [0, 0.1) is 0 Å². The van der Waals surface area contributed by atoms with Crippen LogP contribution in [0.1, 0.15) is 31.1 Å². The topological polar surface area (TPSA) is 99.3 Å². The Balaban J connectivity index is 1.92. The van der Waals surface area contributed by atoms with E-state index >= 15 is 0 Å². The average Bonchev–Trinajstić information content (AvgIpc) is 2.69. The molecule has 1 fully saturated rings. The Bertz CT molecular complexity index is 803. The van der Waals surface area contributed by atoms with E-state index in [1.807, 2.05) is 18.7 Å². The number of benzene rings is 1. The number of amides is 1. The number of anilines is 1. The highest BCUT2D eigenvalue weighted by molar-refractivity contribution is 7.86. The van der Waals surface area contributed by atoms with Crippen molar-refractivity contribution in [3.63, 3.8) is 0 Å². The van der Waals surface area contributed by atoms with Crippen molar-refractivity contribution in [2.24, 2.45) is 0 Å². The van der Waals surface area contributed by atoms with E-state index < -0.39 is 16.2 Å². The van der Waals surface area contributed by atoms with Crippen LogP contribution in [0.2, 0.25) is 0 Å². The number of nitrogens with zero attached hydrogens (tertiary/aromatic N) is 3. The maximum absolute atomic E-state index is 12.6. The van der Waals surface area contributed by atoms with Gasteiger partial charge in [-0.1, -0.05) is 26.0 Å². The van der Waals surface area contributed by atoms with Crippen molar-refractivity contribution in [1.29, 1.82) is 0 Å². The summed E-state index contributed by atoms with van der Waals surface area (Å²) in [6, 6.07) is 6.69. The molecule has 2 rings (SSSR count).